The first kappa shape index (κ1) is 13.1. The van der Waals surface area contributed by atoms with Gasteiger partial charge in [-0.25, -0.2) is 4.98 Å². The number of carbonyl (C=O) groups is 1. The molecule has 0 spiro atoms. The summed E-state index contributed by atoms with van der Waals surface area (Å²) < 4.78 is 5.39. The third kappa shape index (κ3) is 4.13. The van der Waals surface area contributed by atoms with Crippen LogP contribution in [-0.2, 0) is 17.8 Å². The molecule has 19 heavy (non-hydrogen) atoms. The van der Waals surface area contributed by atoms with Crippen LogP contribution in [0.2, 0.25) is 0 Å². The van der Waals surface area contributed by atoms with Gasteiger partial charge in [0.1, 0.15) is 11.6 Å². The van der Waals surface area contributed by atoms with Gasteiger partial charge in [0.25, 0.3) is 5.91 Å². The molecule has 0 saturated carbocycles. The van der Waals surface area contributed by atoms with E-state index in [9.17, 15) is 4.79 Å². The average Bonchev–Trinajstić information content (AvgIpc) is 2.96. The number of hydrogen-bond acceptors (Lipinski definition) is 3. The molecule has 1 aromatic carbocycles. The fraction of sp³-hybridized carbons (Fsp3) is 0.286. The Morgan fingerprint density at radius 3 is 2.79 bits per heavy atom. The molecule has 5 heteroatoms. The molecule has 0 aliphatic carbocycles. The molecular weight excluding hydrogens is 242 g/mol. The number of nitrogens with one attached hydrogen (secondary N) is 2. The minimum absolute atomic E-state index is 0.00613. The normalized spacial score (nSPS) is 10.2. The monoisotopic (exact) mass is 259 g/mol. The highest BCUT2D eigenvalue weighted by Crippen LogP contribution is 2.12. The molecule has 0 atom stereocenters. The Hall–Kier alpha value is -2.30. The number of benzene rings is 1. The Bertz CT molecular complexity index is 506. The van der Waals surface area contributed by atoms with Gasteiger partial charge in [-0.3, -0.25) is 4.79 Å². The molecule has 2 rings (SSSR count). The Morgan fingerprint density at radius 1 is 1.37 bits per heavy atom. The second kappa shape index (κ2) is 6.58. The number of carbonyl (C=O) groups excluding carboxylic acids is 1. The molecule has 0 aliphatic rings. The summed E-state index contributed by atoms with van der Waals surface area (Å²) in [4.78, 5) is 18.5. The lowest BCUT2D eigenvalue weighted by Crippen LogP contribution is -2.28. The predicted molar refractivity (Wildman–Crippen MR) is 71.7 cm³/mol. The van der Waals surface area contributed by atoms with Gasteiger partial charge in [-0.15, -0.1) is 0 Å². The number of aromatic nitrogens is 2. The maximum Gasteiger partial charge on any atom is 0.258 e. The quantitative estimate of drug-likeness (QED) is 0.829. The summed E-state index contributed by atoms with van der Waals surface area (Å²) in [7, 11) is 0. The minimum atomic E-state index is -0.170. The lowest BCUT2D eigenvalue weighted by Gasteiger charge is -2.07. The summed E-state index contributed by atoms with van der Waals surface area (Å²) in [5.74, 6) is 1.25. The van der Waals surface area contributed by atoms with E-state index in [1.54, 1.807) is 12.4 Å². The van der Waals surface area contributed by atoms with Crippen molar-refractivity contribution in [2.45, 2.75) is 19.9 Å². The van der Waals surface area contributed by atoms with Gasteiger partial charge in [0.05, 0.1) is 6.54 Å². The maximum atomic E-state index is 11.6. The number of imidazole rings is 1. The van der Waals surface area contributed by atoms with Crippen molar-refractivity contribution in [2.24, 2.45) is 0 Å². The molecule has 1 amide bonds. The van der Waals surface area contributed by atoms with E-state index in [0.29, 0.717) is 12.3 Å². The smallest absolute Gasteiger partial charge is 0.258 e. The second-order valence-corrected chi connectivity index (χ2v) is 4.10. The van der Waals surface area contributed by atoms with Crippen LogP contribution in [0.5, 0.6) is 5.75 Å². The van der Waals surface area contributed by atoms with Gasteiger partial charge in [0.2, 0.25) is 0 Å². The molecule has 1 heterocycles. The van der Waals surface area contributed by atoms with E-state index in [4.69, 9.17) is 4.74 Å². The molecule has 0 bridgehead atoms. The Balaban J connectivity index is 1.73. The molecule has 0 fully saturated rings. The first-order valence-electron chi connectivity index (χ1n) is 6.24. The SMILES string of the molecule is CCc1ccc(OCC(=O)NCc2ncc[nH]2)cc1. The van der Waals surface area contributed by atoms with Crippen LogP contribution < -0.4 is 10.1 Å². The number of ether oxygens (including phenoxy) is 1. The summed E-state index contributed by atoms with van der Waals surface area (Å²) in [6, 6.07) is 7.74. The summed E-state index contributed by atoms with van der Waals surface area (Å²) in [5.41, 5.74) is 1.25. The summed E-state index contributed by atoms with van der Waals surface area (Å²) in [6.45, 7) is 2.48. The zero-order valence-electron chi connectivity index (χ0n) is 10.8. The third-order valence-electron chi connectivity index (χ3n) is 2.71. The van der Waals surface area contributed by atoms with Crippen molar-refractivity contribution in [3.8, 4) is 5.75 Å². The average molecular weight is 259 g/mol. The number of rotatable bonds is 6. The summed E-state index contributed by atoms with van der Waals surface area (Å²) in [5, 5.41) is 2.72. The van der Waals surface area contributed by atoms with Crippen LogP contribution in [0.25, 0.3) is 0 Å². The zero-order chi connectivity index (χ0) is 13.5. The van der Waals surface area contributed by atoms with Crippen molar-refractivity contribution < 1.29 is 9.53 Å². The number of H-pyrrole nitrogens is 1. The van der Waals surface area contributed by atoms with E-state index < -0.39 is 0 Å². The lowest BCUT2D eigenvalue weighted by molar-refractivity contribution is -0.123. The Kier molecular flexibility index (Phi) is 4.55. The predicted octanol–water partition coefficient (Wildman–Crippen LogP) is 1.67. The van der Waals surface area contributed by atoms with Crippen molar-refractivity contribution >= 4 is 5.91 Å². The molecular formula is C14H17N3O2. The van der Waals surface area contributed by atoms with Crippen LogP contribution in [-0.4, -0.2) is 22.5 Å². The highest BCUT2D eigenvalue weighted by atomic mass is 16.5. The summed E-state index contributed by atoms with van der Waals surface area (Å²) >= 11 is 0. The first-order chi connectivity index (χ1) is 9.28. The fourth-order valence-electron chi connectivity index (χ4n) is 1.60. The van der Waals surface area contributed by atoms with E-state index in [1.165, 1.54) is 5.56 Å². The van der Waals surface area contributed by atoms with Gasteiger partial charge in [-0.05, 0) is 24.1 Å². The number of nitrogens with zero attached hydrogens (tertiary/aromatic N) is 1. The largest absolute Gasteiger partial charge is 0.484 e. The van der Waals surface area contributed by atoms with Gasteiger partial charge in [0, 0.05) is 12.4 Å². The Labute approximate surface area is 112 Å². The zero-order valence-corrected chi connectivity index (χ0v) is 10.8. The topological polar surface area (TPSA) is 67.0 Å². The summed E-state index contributed by atoms with van der Waals surface area (Å²) in [6.07, 6.45) is 4.35. The van der Waals surface area contributed by atoms with E-state index in [0.717, 1.165) is 12.2 Å². The molecule has 0 unspecified atom stereocenters. The van der Waals surface area contributed by atoms with Crippen LogP contribution in [0.15, 0.2) is 36.7 Å². The van der Waals surface area contributed by atoms with Crippen molar-refractivity contribution in [2.75, 3.05) is 6.61 Å². The van der Waals surface area contributed by atoms with Crippen LogP contribution >= 0.6 is 0 Å². The molecule has 5 nitrogen and oxygen atoms in total. The van der Waals surface area contributed by atoms with Gasteiger partial charge in [-0.2, -0.15) is 0 Å². The lowest BCUT2D eigenvalue weighted by atomic mass is 10.2. The molecule has 0 radical (unpaired) electrons. The molecule has 0 saturated heterocycles. The van der Waals surface area contributed by atoms with Gasteiger partial charge >= 0.3 is 0 Å². The molecule has 0 aliphatic heterocycles. The van der Waals surface area contributed by atoms with Crippen LogP contribution in [0.4, 0.5) is 0 Å². The van der Waals surface area contributed by atoms with Gasteiger partial charge < -0.3 is 15.0 Å². The Morgan fingerprint density at radius 2 is 2.16 bits per heavy atom. The third-order valence-corrected chi connectivity index (χ3v) is 2.71. The standard InChI is InChI=1S/C14H17N3O2/c1-2-11-3-5-12(6-4-11)19-10-14(18)17-9-13-15-7-8-16-13/h3-8H,2,9-10H2,1H3,(H,15,16)(H,17,18). The van der Waals surface area contributed by atoms with Crippen LogP contribution in [0, 0.1) is 0 Å². The fourth-order valence-corrected chi connectivity index (χ4v) is 1.60. The van der Waals surface area contributed by atoms with E-state index in [2.05, 4.69) is 22.2 Å². The van der Waals surface area contributed by atoms with Crippen molar-refractivity contribution in [3.05, 3.63) is 48.0 Å². The highest BCUT2D eigenvalue weighted by Gasteiger charge is 2.03. The molecule has 1 aromatic heterocycles. The van der Waals surface area contributed by atoms with Crippen molar-refractivity contribution in [1.29, 1.82) is 0 Å². The van der Waals surface area contributed by atoms with Gasteiger partial charge in [0.15, 0.2) is 6.61 Å². The van der Waals surface area contributed by atoms with Gasteiger partial charge in [-0.1, -0.05) is 19.1 Å². The van der Waals surface area contributed by atoms with Crippen molar-refractivity contribution in [3.63, 3.8) is 0 Å². The molecule has 2 N–H and O–H groups in total. The first-order valence-corrected chi connectivity index (χ1v) is 6.24. The van der Waals surface area contributed by atoms with E-state index in [1.807, 2.05) is 24.3 Å². The molecule has 2 aromatic rings. The second-order valence-electron chi connectivity index (χ2n) is 4.10. The van der Waals surface area contributed by atoms with Crippen LogP contribution in [0.1, 0.15) is 18.3 Å². The highest BCUT2D eigenvalue weighted by molar-refractivity contribution is 5.77. The van der Waals surface area contributed by atoms with Crippen LogP contribution in [0.3, 0.4) is 0 Å². The number of hydrogen-bond donors (Lipinski definition) is 2. The number of aryl methyl sites for hydroxylation is 1. The molecule has 100 valence electrons. The van der Waals surface area contributed by atoms with Crippen molar-refractivity contribution in [1.82, 2.24) is 15.3 Å². The number of amides is 1. The van der Waals surface area contributed by atoms with E-state index >= 15 is 0 Å². The maximum absolute atomic E-state index is 11.6. The number of aromatic amines is 1. The van der Waals surface area contributed by atoms with E-state index in [-0.39, 0.29) is 12.5 Å². The minimum Gasteiger partial charge on any atom is -0.484 e.